The molecule has 1 fully saturated rings. The molecule has 0 radical (unpaired) electrons. The van der Waals surface area contributed by atoms with E-state index in [0.29, 0.717) is 0 Å². The molecule has 0 aromatic heterocycles. The van der Waals surface area contributed by atoms with Crippen molar-refractivity contribution in [2.75, 3.05) is 13.1 Å². The first-order chi connectivity index (χ1) is 16.8. The highest BCUT2D eigenvalue weighted by molar-refractivity contribution is 4.85. The number of unbranched alkanes of at least 4 members (excludes halogenated alkanes) is 15. The van der Waals surface area contributed by atoms with Crippen molar-refractivity contribution in [1.82, 2.24) is 4.90 Å². The van der Waals surface area contributed by atoms with Gasteiger partial charge in [-0.3, -0.25) is 0 Å². The molecule has 0 bridgehead atoms. The number of nitrogens with zero attached hydrogens (tertiary/aromatic N) is 1. The van der Waals surface area contributed by atoms with Crippen LogP contribution in [0, 0.1) is 11.8 Å². The van der Waals surface area contributed by atoms with Crippen molar-refractivity contribution in [2.24, 2.45) is 11.8 Å². The van der Waals surface area contributed by atoms with Crippen LogP contribution in [0.15, 0.2) is 0 Å². The molecule has 1 saturated heterocycles. The Morgan fingerprint density at radius 2 is 0.882 bits per heavy atom. The zero-order chi connectivity index (χ0) is 24.7. The maximum Gasteiger partial charge on any atom is 0.00953 e. The molecular weight excluding hydrogens is 410 g/mol. The summed E-state index contributed by atoms with van der Waals surface area (Å²) in [5.41, 5.74) is 0. The normalized spacial score (nSPS) is 17.7. The zero-order valence-electron chi connectivity index (χ0n) is 24.6. The van der Waals surface area contributed by atoms with Gasteiger partial charge in [0.15, 0.2) is 0 Å². The SMILES string of the molecule is CCCCCCCC(CCCCCC)C1CCN(C(CCCCCCC)CCCCCCC)C1. The van der Waals surface area contributed by atoms with Crippen LogP contribution in [0.5, 0.6) is 0 Å². The van der Waals surface area contributed by atoms with Gasteiger partial charge in [-0.25, -0.2) is 0 Å². The summed E-state index contributed by atoms with van der Waals surface area (Å²) in [4.78, 5) is 2.99. The Kier molecular flexibility index (Phi) is 22.0. The first-order valence-electron chi connectivity index (χ1n) is 16.5. The molecule has 0 aromatic carbocycles. The van der Waals surface area contributed by atoms with E-state index < -0.39 is 0 Å². The van der Waals surface area contributed by atoms with Gasteiger partial charge in [-0.05, 0) is 37.6 Å². The van der Waals surface area contributed by atoms with E-state index in [1.165, 1.54) is 167 Å². The molecule has 0 spiro atoms. The van der Waals surface area contributed by atoms with E-state index in [-0.39, 0.29) is 0 Å². The van der Waals surface area contributed by atoms with Crippen molar-refractivity contribution in [3.8, 4) is 0 Å². The monoisotopic (exact) mass is 478 g/mol. The minimum atomic E-state index is 0.888. The highest BCUT2D eigenvalue weighted by atomic mass is 15.2. The minimum absolute atomic E-state index is 0.888. The van der Waals surface area contributed by atoms with Gasteiger partial charge in [-0.1, -0.05) is 163 Å². The van der Waals surface area contributed by atoms with Gasteiger partial charge >= 0.3 is 0 Å². The summed E-state index contributed by atoms with van der Waals surface area (Å²) >= 11 is 0. The van der Waals surface area contributed by atoms with Crippen molar-refractivity contribution in [1.29, 1.82) is 0 Å². The molecule has 204 valence electrons. The molecule has 1 aliphatic rings. The lowest BCUT2D eigenvalue weighted by Gasteiger charge is -2.30. The lowest BCUT2D eigenvalue weighted by atomic mass is 9.83. The van der Waals surface area contributed by atoms with Crippen LogP contribution >= 0.6 is 0 Å². The second-order valence-electron chi connectivity index (χ2n) is 11.9. The van der Waals surface area contributed by atoms with Gasteiger partial charge in [0.05, 0.1) is 0 Å². The standard InChI is InChI=1S/C33H67N/c1-5-9-13-17-21-25-31(24-20-16-12-8-4)32-28-29-34(30-32)33(26-22-18-14-10-6-2)27-23-19-15-11-7-3/h31-33H,5-30H2,1-4H3. The summed E-state index contributed by atoms with van der Waals surface area (Å²) in [5, 5.41) is 0. The lowest BCUT2D eigenvalue weighted by molar-refractivity contribution is 0.187. The minimum Gasteiger partial charge on any atom is -0.300 e. The van der Waals surface area contributed by atoms with Crippen LogP contribution in [0.3, 0.4) is 0 Å². The molecule has 0 aliphatic carbocycles. The Bertz CT molecular complexity index is 391. The van der Waals surface area contributed by atoms with E-state index in [2.05, 4.69) is 32.6 Å². The third-order valence-electron chi connectivity index (χ3n) is 8.83. The van der Waals surface area contributed by atoms with Crippen molar-refractivity contribution < 1.29 is 0 Å². The highest BCUT2D eigenvalue weighted by Crippen LogP contribution is 2.34. The maximum atomic E-state index is 2.99. The molecule has 2 atom stereocenters. The molecule has 1 nitrogen and oxygen atoms in total. The van der Waals surface area contributed by atoms with Crippen LogP contribution in [0.4, 0.5) is 0 Å². The van der Waals surface area contributed by atoms with E-state index in [1.807, 2.05) is 0 Å². The van der Waals surface area contributed by atoms with Gasteiger partial charge in [0, 0.05) is 12.6 Å². The van der Waals surface area contributed by atoms with E-state index in [9.17, 15) is 0 Å². The Morgan fingerprint density at radius 3 is 1.32 bits per heavy atom. The highest BCUT2D eigenvalue weighted by Gasteiger charge is 2.32. The van der Waals surface area contributed by atoms with Gasteiger partial charge in [0.25, 0.3) is 0 Å². The van der Waals surface area contributed by atoms with E-state index >= 15 is 0 Å². The van der Waals surface area contributed by atoms with Crippen molar-refractivity contribution in [3.05, 3.63) is 0 Å². The zero-order valence-corrected chi connectivity index (χ0v) is 24.6. The number of hydrogen-bond donors (Lipinski definition) is 0. The maximum absolute atomic E-state index is 2.99. The quantitative estimate of drug-likeness (QED) is 0.118. The van der Waals surface area contributed by atoms with Gasteiger partial charge in [0.2, 0.25) is 0 Å². The molecule has 1 heterocycles. The van der Waals surface area contributed by atoms with Crippen LogP contribution in [-0.4, -0.2) is 24.0 Å². The Morgan fingerprint density at radius 1 is 0.500 bits per heavy atom. The summed E-state index contributed by atoms with van der Waals surface area (Å²) < 4.78 is 0. The van der Waals surface area contributed by atoms with Crippen LogP contribution < -0.4 is 0 Å². The molecule has 1 aliphatic heterocycles. The second-order valence-corrected chi connectivity index (χ2v) is 11.9. The van der Waals surface area contributed by atoms with Crippen LogP contribution in [-0.2, 0) is 0 Å². The van der Waals surface area contributed by atoms with Gasteiger partial charge in [0.1, 0.15) is 0 Å². The van der Waals surface area contributed by atoms with Crippen LogP contribution in [0.2, 0.25) is 0 Å². The van der Waals surface area contributed by atoms with E-state index in [1.54, 1.807) is 0 Å². The Labute approximate surface area is 217 Å². The topological polar surface area (TPSA) is 3.24 Å². The molecule has 1 rings (SSSR count). The third kappa shape index (κ3) is 15.9. The molecule has 0 aromatic rings. The molecule has 34 heavy (non-hydrogen) atoms. The molecule has 0 saturated carbocycles. The van der Waals surface area contributed by atoms with Crippen molar-refractivity contribution >= 4 is 0 Å². The van der Waals surface area contributed by atoms with Gasteiger partial charge < -0.3 is 4.90 Å². The summed E-state index contributed by atoms with van der Waals surface area (Å²) in [5.74, 6) is 2.01. The number of likely N-dealkylation sites (tertiary alicyclic amines) is 1. The summed E-state index contributed by atoms with van der Waals surface area (Å²) in [6, 6.07) is 0.888. The van der Waals surface area contributed by atoms with Gasteiger partial charge in [-0.15, -0.1) is 0 Å². The van der Waals surface area contributed by atoms with Crippen molar-refractivity contribution in [3.63, 3.8) is 0 Å². The first kappa shape index (κ1) is 32.0. The molecule has 1 heteroatoms. The predicted molar refractivity (Wildman–Crippen MR) is 156 cm³/mol. The average Bonchev–Trinajstić information content (AvgIpc) is 3.33. The molecule has 0 N–H and O–H groups in total. The number of hydrogen-bond acceptors (Lipinski definition) is 1. The van der Waals surface area contributed by atoms with Crippen LogP contribution in [0.1, 0.15) is 182 Å². The van der Waals surface area contributed by atoms with Gasteiger partial charge in [-0.2, -0.15) is 0 Å². The lowest BCUT2D eigenvalue weighted by Crippen LogP contribution is -2.34. The van der Waals surface area contributed by atoms with E-state index in [0.717, 1.165) is 17.9 Å². The summed E-state index contributed by atoms with van der Waals surface area (Å²) in [6.07, 6.45) is 34.9. The van der Waals surface area contributed by atoms with Crippen molar-refractivity contribution in [2.45, 2.75) is 188 Å². The molecular formula is C33H67N. The molecule has 2 unspecified atom stereocenters. The largest absolute Gasteiger partial charge is 0.300 e. The Hall–Kier alpha value is -0.0400. The smallest absolute Gasteiger partial charge is 0.00953 e. The fourth-order valence-electron chi connectivity index (χ4n) is 6.47. The summed E-state index contributed by atoms with van der Waals surface area (Å²) in [7, 11) is 0. The predicted octanol–water partition coefficient (Wildman–Crippen LogP) is 11.3. The van der Waals surface area contributed by atoms with Crippen LogP contribution in [0.25, 0.3) is 0 Å². The average molecular weight is 478 g/mol. The second kappa shape index (κ2) is 23.4. The van der Waals surface area contributed by atoms with E-state index in [4.69, 9.17) is 0 Å². The Balaban J connectivity index is 2.56. The molecule has 0 amide bonds. The number of rotatable bonds is 25. The fourth-order valence-corrected chi connectivity index (χ4v) is 6.47. The third-order valence-corrected chi connectivity index (χ3v) is 8.83. The fraction of sp³-hybridized carbons (Fsp3) is 1.00. The first-order valence-corrected chi connectivity index (χ1v) is 16.5. The summed E-state index contributed by atoms with van der Waals surface area (Å²) in [6.45, 7) is 12.2.